The van der Waals surface area contributed by atoms with Crippen LogP contribution in [0.4, 0.5) is 5.69 Å². The first-order chi connectivity index (χ1) is 14.4. The number of anilines is 1. The third kappa shape index (κ3) is 6.51. The van der Waals surface area contributed by atoms with Crippen molar-refractivity contribution in [3.8, 4) is 17.6 Å². The predicted octanol–water partition coefficient (Wildman–Crippen LogP) is 4.60. The van der Waals surface area contributed by atoms with Gasteiger partial charge in [-0.2, -0.15) is 5.26 Å². The van der Waals surface area contributed by atoms with E-state index in [9.17, 15) is 14.9 Å². The summed E-state index contributed by atoms with van der Waals surface area (Å²) in [5.41, 5.74) is 0.875. The van der Waals surface area contributed by atoms with E-state index in [1.807, 2.05) is 6.07 Å². The van der Waals surface area contributed by atoms with Crippen molar-refractivity contribution in [3.05, 3.63) is 57.0 Å². The summed E-state index contributed by atoms with van der Waals surface area (Å²) in [6.45, 7) is 1.74. The van der Waals surface area contributed by atoms with Gasteiger partial charge in [-0.25, -0.2) is 4.79 Å². The molecule has 1 amide bonds. The monoisotopic (exact) mass is 492 g/mol. The Morgan fingerprint density at radius 1 is 1.23 bits per heavy atom. The summed E-state index contributed by atoms with van der Waals surface area (Å²) in [6.07, 6.45) is 1.38. The summed E-state index contributed by atoms with van der Waals surface area (Å²) in [4.78, 5) is 23.8. The molecule has 0 unspecified atom stereocenters. The van der Waals surface area contributed by atoms with Gasteiger partial charge < -0.3 is 19.5 Å². The third-order valence-electron chi connectivity index (χ3n) is 3.67. The summed E-state index contributed by atoms with van der Waals surface area (Å²) in [5, 5.41) is 12.2. The second kappa shape index (κ2) is 11.2. The molecule has 0 aliphatic carbocycles. The van der Waals surface area contributed by atoms with E-state index in [0.717, 1.165) is 4.47 Å². The van der Waals surface area contributed by atoms with Crippen molar-refractivity contribution < 1.29 is 23.8 Å². The fraction of sp³-hybridized carbons (Fsp3) is 0.190. The van der Waals surface area contributed by atoms with E-state index in [0.29, 0.717) is 17.9 Å². The first-order valence-electron chi connectivity index (χ1n) is 8.72. The number of methoxy groups -OCH3 is 1. The Hall–Kier alpha value is -3.02. The number of nitrogens with one attached hydrogen (secondary N) is 1. The van der Waals surface area contributed by atoms with Gasteiger partial charge in [-0.05, 0) is 55.0 Å². The van der Waals surface area contributed by atoms with E-state index in [1.54, 1.807) is 37.3 Å². The number of rotatable bonds is 8. The highest BCUT2D eigenvalue weighted by atomic mass is 79.9. The summed E-state index contributed by atoms with van der Waals surface area (Å²) in [6, 6.07) is 11.9. The van der Waals surface area contributed by atoms with Gasteiger partial charge >= 0.3 is 5.97 Å². The molecule has 1 N–H and O–H groups in total. The minimum atomic E-state index is -0.575. The number of carbonyl (C=O) groups is 2. The van der Waals surface area contributed by atoms with Crippen LogP contribution in [0.5, 0.6) is 11.5 Å². The van der Waals surface area contributed by atoms with Crippen LogP contribution in [0, 0.1) is 11.3 Å². The highest BCUT2D eigenvalue weighted by Crippen LogP contribution is 2.37. The predicted molar refractivity (Wildman–Crippen MR) is 116 cm³/mol. The molecule has 0 aliphatic heterocycles. The molecule has 0 saturated carbocycles. The SMILES string of the molecule is CCOc1cc(/C=C(\C#N)C(=O)Nc2ccc(Br)cc2)cc(Cl)c1OCC(=O)OC. The van der Waals surface area contributed by atoms with Crippen molar-refractivity contribution >= 4 is 51.2 Å². The first-order valence-corrected chi connectivity index (χ1v) is 9.89. The Morgan fingerprint density at radius 2 is 1.93 bits per heavy atom. The molecule has 30 heavy (non-hydrogen) atoms. The molecule has 0 heterocycles. The average molecular weight is 494 g/mol. The molecular formula is C21H18BrClN2O5. The van der Waals surface area contributed by atoms with Gasteiger partial charge in [0.1, 0.15) is 11.6 Å². The lowest BCUT2D eigenvalue weighted by atomic mass is 10.1. The lowest BCUT2D eigenvalue weighted by Gasteiger charge is -2.14. The van der Waals surface area contributed by atoms with E-state index in [-0.39, 0.29) is 28.7 Å². The van der Waals surface area contributed by atoms with Crippen LogP contribution in [0.2, 0.25) is 5.02 Å². The zero-order valence-corrected chi connectivity index (χ0v) is 18.5. The molecule has 7 nitrogen and oxygen atoms in total. The molecular weight excluding hydrogens is 476 g/mol. The molecule has 2 aromatic rings. The Balaban J connectivity index is 2.30. The fourth-order valence-electron chi connectivity index (χ4n) is 2.31. The van der Waals surface area contributed by atoms with Crippen molar-refractivity contribution in [2.45, 2.75) is 6.92 Å². The number of benzene rings is 2. The molecule has 2 aromatic carbocycles. The van der Waals surface area contributed by atoms with Crippen LogP contribution in [0.3, 0.4) is 0 Å². The van der Waals surface area contributed by atoms with Crippen LogP contribution >= 0.6 is 27.5 Å². The smallest absolute Gasteiger partial charge is 0.343 e. The Bertz CT molecular complexity index is 1000. The number of carbonyl (C=O) groups excluding carboxylic acids is 2. The van der Waals surface area contributed by atoms with Crippen molar-refractivity contribution in [2.75, 3.05) is 25.6 Å². The lowest BCUT2D eigenvalue weighted by molar-refractivity contribution is -0.142. The molecule has 0 aliphatic rings. The Kier molecular flexibility index (Phi) is 8.71. The van der Waals surface area contributed by atoms with Crippen LogP contribution in [0.1, 0.15) is 12.5 Å². The molecule has 0 aromatic heterocycles. The quantitative estimate of drug-likeness (QED) is 0.328. The third-order valence-corrected chi connectivity index (χ3v) is 4.48. The molecule has 0 atom stereocenters. The summed E-state index contributed by atoms with van der Waals surface area (Å²) < 4.78 is 16.3. The van der Waals surface area contributed by atoms with Crippen molar-refractivity contribution in [2.24, 2.45) is 0 Å². The summed E-state index contributed by atoms with van der Waals surface area (Å²) in [7, 11) is 1.24. The number of halogens is 2. The van der Waals surface area contributed by atoms with Gasteiger partial charge in [0, 0.05) is 10.2 Å². The van der Waals surface area contributed by atoms with Crippen LogP contribution in [0.15, 0.2) is 46.4 Å². The minimum absolute atomic E-state index is 0.125. The fourth-order valence-corrected chi connectivity index (χ4v) is 2.85. The lowest BCUT2D eigenvalue weighted by Crippen LogP contribution is -2.14. The van der Waals surface area contributed by atoms with Gasteiger partial charge in [0.05, 0.1) is 18.7 Å². The molecule has 0 bridgehead atoms. The number of ether oxygens (including phenoxy) is 3. The van der Waals surface area contributed by atoms with E-state index >= 15 is 0 Å². The largest absolute Gasteiger partial charge is 0.490 e. The number of hydrogen-bond acceptors (Lipinski definition) is 6. The average Bonchev–Trinajstić information content (AvgIpc) is 2.72. The van der Waals surface area contributed by atoms with Crippen LogP contribution in [-0.2, 0) is 14.3 Å². The standard InChI is InChI=1S/C21H18BrClN2O5/c1-3-29-18-10-13(9-17(23)20(18)30-12-19(26)28-2)8-14(11-24)21(27)25-16-6-4-15(22)5-7-16/h4-10H,3,12H2,1-2H3,(H,25,27)/b14-8+. The molecule has 0 spiro atoms. The highest BCUT2D eigenvalue weighted by Gasteiger charge is 2.16. The van der Waals surface area contributed by atoms with E-state index in [4.69, 9.17) is 21.1 Å². The molecule has 0 fully saturated rings. The molecule has 2 rings (SSSR count). The minimum Gasteiger partial charge on any atom is -0.490 e. The van der Waals surface area contributed by atoms with Gasteiger partial charge in [-0.15, -0.1) is 0 Å². The van der Waals surface area contributed by atoms with E-state index in [2.05, 4.69) is 26.0 Å². The van der Waals surface area contributed by atoms with E-state index < -0.39 is 11.9 Å². The maximum Gasteiger partial charge on any atom is 0.343 e. The van der Waals surface area contributed by atoms with Crippen molar-refractivity contribution in [3.63, 3.8) is 0 Å². The molecule has 9 heteroatoms. The van der Waals surface area contributed by atoms with Crippen molar-refractivity contribution in [1.29, 1.82) is 5.26 Å². The number of nitriles is 1. The van der Waals surface area contributed by atoms with Gasteiger partial charge in [0.25, 0.3) is 5.91 Å². The Morgan fingerprint density at radius 3 is 2.53 bits per heavy atom. The summed E-state index contributed by atoms with van der Waals surface area (Å²) in [5.74, 6) is -0.710. The highest BCUT2D eigenvalue weighted by molar-refractivity contribution is 9.10. The number of esters is 1. The maximum atomic E-state index is 12.5. The zero-order valence-electron chi connectivity index (χ0n) is 16.2. The maximum absolute atomic E-state index is 12.5. The second-order valence-electron chi connectivity index (χ2n) is 5.76. The van der Waals surface area contributed by atoms with Crippen LogP contribution < -0.4 is 14.8 Å². The van der Waals surface area contributed by atoms with Gasteiger partial charge in [0.2, 0.25) is 0 Å². The van der Waals surface area contributed by atoms with Crippen molar-refractivity contribution in [1.82, 2.24) is 0 Å². The molecule has 0 saturated heterocycles. The number of amides is 1. The van der Waals surface area contributed by atoms with Gasteiger partial charge in [-0.3, -0.25) is 4.79 Å². The van der Waals surface area contributed by atoms with E-state index in [1.165, 1.54) is 19.3 Å². The summed E-state index contributed by atoms with van der Waals surface area (Å²) >= 11 is 9.59. The molecule has 156 valence electrons. The van der Waals surface area contributed by atoms with Crippen LogP contribution in [0.25, 0.3) is 6.08 Å². The number of hydrogen-bond donors (Lipinski definition) is 1. The topological polar surface area (TPSA) is 97.6 Å². The molecule has 0 radical (unpaired) electrons. The normalized spacial score (nSPS) is 10.7. The Labute approximate surface area is 187 Å². The second-order valence-corrected chi connectivity index (χ2v) is 7.08. The van der Waals surface area contributed by atoms with Crippen LogP contribution in [-0.4, -0.2) is 32.2 Å². The van der Waals surface area contributed by atoms with Gasteiger partial charge in [-0.1, -0.05) is 27.5 Å². The van der Waals surface area contributed by atoms with Gasteiger partial charge in [0.15, 0.2) is 18.1 Å². The first kappa shape index (κ1) is 23.3. The zero-order chi connectivity index (χ0) is 22.1. The number of nitrogens with zero attached hydrogens (tertiary/aromatic N) is 1.